The molecule has 5 aliphatic carbocycles. The SMILES string of the molecule is C=CCN1CC[C@]23c4c5ccc(O)c4O[C@H]2C(=O)CC[C@@]3(O)[C@H]1C5.CN(C)[C@@H]1C(=O)C(C(=O)NCN2CCCC2)=C(O)[C@@]2(O)C(=O)C3=C(O)c4c(O)cccc4[C@@](C)(O)C3C[C@@H]12.Cl. The Balaban J connectivity index is 0.000000187. The molecule has 0 aromatic heterocycles. The lowest BCUT2D eigenvalue weighted by molar-refractivity contribution is -0.187. The molecule has 3 heterocycles. The molecule has 4 fully saturated rings. The minimum Gasteiger partial charge on any atom is -0.508 e. The van der Waals surface area contributed by atoms with Gasteiger partial charge < -0.3 is 45.8 Å². The Labute approximate surface area is 370 Å². The predicted octanol–water partition coefficient (Wildman–Crippen LogP) is 2.04. The van der Waals surface area contributed by atoms with E-state index in [1.807, 2.05) is 17.0 Å². The molecule has 3 aliphatic heterocycles. The molecule has 338 valence electrons. The molecule has 1 spiro atoms. The molecule has 2 aromatic carbocycles. The molecule has 1 amide bonds. The second kappa shape index (κ2) is 15.4. The predicted molar refractivity (Wildman–Crippen MR) is 229 cm³/mol. The second-order valence-electron chi connectivity index (χ2n) is 18.6. The number of nitrogens with one attached hydrogen (secondary N) is 1. The van der Waals surface area contributed by atoms with Crippen molar-refractivity contribution in [3.8, 4) is 17.2 Å². The standard InChI is InChI=1S/C27H33N3O8.C19H21NO4.ClH/c1-26(37)13-7-6-8-16(31)17(13)21(32)18-14(26)11-15-20(29(2)3)22(33)19(24(35)27(15,38)23(18)34)25(36)28-12-30-9-4-5-10-30;1-2-8-20-9-7-18-15-11-3-4-12(21)16(15)24-17(18)13(22)5-6-19(18,23)14(20)10-11;/h6-8,14-15,20,31-32,35,37-38H,4-5,9-12H2,1-3H3,(H,28,36);2-4,14,17,21,23H,1,5-10H2;1H/t14?,15-,20-,26+,27-;14-,17+,18+,19-;/m01./s1. The minimum absolute atomic E-state index is 0. The number of hydrogen-bond donors (Lipinski definition) is 8. The van der Waals surface area contributed by atoms with E-state index in [2.05, 4.69) is 16.8 Å². The summed E-state index contributed by atoms with van der Waals surface area (Å²) >= 11 is 0. The number of aliphatic hydroxyl groups excluding tert-OH is 2. The van der Waals surface area contributed by atoms with E-state index in [1.54, 1.807) is 20.2 Å². The van der Waals surface area contributed by atoms with Gasteiger partial charge in [-0.1, -0.05) is 24.3 Å². The monoisotopic (exact) mass is 890 g/mol. The lowest BCUT2D eigenvalue weighted by Crippen LogP contribution is -2.76. The van der Waals surface area contributed by atoms with Crippen molar-refractivity contribution >= 4 is 41.4 Å². The molecule has 1 unspecified atom stereocenters. The van der Waals surface area contributed by atoms with Gasteiger partial charge in [0.05, 0.1) is 34.9 Å². The summed E-state index contributed by atoms with van der Waals surface area (Å²) in [5, 5.41) is 81.1. The molecular formula is C46H55ClN4O12. The van der Waals surface area contributed by atoms with Crippen molar-refractivity contribution in [3.63, 3.8) is 0 Å². The lowest BCUT2D eigenvalue weighted by atomic mass is 9.49. The van der Waals surface area contributed by atoms with Gasteiger partial charge in [0.2, 0.25) is 5.78 Å². The zero-order valence-corrected chi connectivity index (χ0v) is 36.3. The summed E-state index contributed by atoms with van der Waals surface area (Å²) in [6.45, 7) is 8.47. The van der Waals surface area contributed by atoms with Gasteiger partial charge in [-0.2, -0.15) is 0 Å². The second-order valence-corrected chi connectivity index (χ2v) is 18.6. The van der Waals surface area contributed by atoms with Crippen molar-refractivity contribution in [1.82, 2.24) is 20.0 Å². The summed E-state index contributed by atoms with van der Waals surface area (Å²) in [6.07, 6.45) is 5.12. The number of phenolic OH excluding ortho intramolecular Hbond substituents is 2. The van der Waals surface area contributed by atoms with E-state index in [0.717, 1.165) is 50.1 Å². The van der Waals surface area contributed by atoms with Crippen LogP contribution in [0.1, 0.15) is 67.7 Å². The van der Waals surface area contributed by atoms with E-state index in [1.165, 1.54) is 30.0 Å². The number of likely N-dealkylation sites (tertiary alicyclic amines) is 2. The molecule has 8 N–H and O–H groups in total. The zero-order chi connectivity index (χ0) is 44.4. The van der Waals surface area contributed by atoms with Gasteiger partial charge in [0, 0.05) is 48.5 Å². The van der Waals surface area contributed by atoms with Crippen molar-refractivity contribution in [2.75, 3.05) is 46.9 Å². The number of ether oxygens (including phenoxy) is 1. The lowest BCUT2D eigenvalue weighted by Gasteiger charge is -2.62. The molecule has 8 aliphatic rings. The highest BCUT2D eigenvalue weighted by atomic mass is 35.5. The average molecular weight is 891 g/mol. The number of hydrogen-bond acceptors (Lipinski definition) is 15. The van der Waals surface area contributed by atoms with Gasteiger partial charge in [-0.25, -0.2) is 0 Å². The fourth-order valence-electron chi connectivity index (χ4n) is 12.5. The van der Waals surface area contributed by atoms with E-state index >= 15 is 0 Å². The van der Waals surface area contributed by atoms with Crippen LogP contribution in [0.5, 0.6) is 17.2 Å². The van der Waals surface area contributed by atoms with Crippen LogP contribution < -0.4 is 10.1 Å². The van der Waals surface area contributed by atoms with Crippen molar-refractivity contribution in [3.05, 3.63) is 82.1 Å². The number of fused-ring (bicyclic) bond motifs is 3. The molecule has 9 atom stereocenters. The Morgan fingerprint density at radius 1 is 1.00 bits per heavy atom. The number of ketones is 3. The van der Waals surface area contributed by atoms with Gasteiger partial charge in [-0.15, -0.1) is 19.0 Å². The van der Waals surface area contributed by atoms with E-state index in [0.29, 0.717) is 31.4 Å². The zero-order valence-electron chi connectivity index (χ0n) is 35.5. The highest BCUT2D eigenvalue weighted by Gasteiger charge is 2.73. The molecule has 63 heavy (non-hydrogen) atoms. The topological polar surface area (TPSA) is 241 Å². The molecule has 0 radical (unpaired) electrons. The summed E-state index contributed by atoms with van der Waals surface area (Å²) < 4.78 is 5.98. The third-order valence-corrected chi connectivity index (χ3v) is 15.4. The summed E-state index contributed by atoms with van der Waals surface area (Å²) in [7, 11) is 3.12. The Morgan fingerprint density at radius 2 is 1.71 bits per heavy atom. The Morgan fingerprint density at radius 3 is 2.40 bits per heavy atom. The van der Waals surface area contributed by atoms with Crippen molar-refractivity contribution in [2.24, 2.45) is 11.8 Å². The fourth-order valence-corrected chi connectivity index (χ4v) is 12.5. The quantitative estimate of drug-likeness (QED) is 0.153. The smallest absolute Gasteiger partial charge is 0.259 e. The molecule has 2 aromatic rings. The summed E-state index contributed by atoms with van der Waals surface area (Å²) in [5.74, 6) is -6.65. The van der Waals surface area contributed by atoms with Crippen LogP contribution in [0.25, 0.3) is 5.76 Å². The van der Waals surface area contributed by atoms with E-state index in [4.69, 9.17) is 4.74 Å². The number of aliphatic hydroxyl groups is 5. The van der Waals surface area contributed by atoms with E-state index < -0.39 is 80.8 Å². The molecule has 2 bridgehead atoms. The van der Waals surface area contributed by atoms with E-state index in [-0.39, 0.29) is 65.5 Å². The molecule has 16 nitrogen and oxygen atoms in total. The Kier molecular flexibility index (Phi) is 11.0. The number of Topliss-reactive ketones (excluding diaryl/α,β-unsaturated/α-hetero) is 3. The number of likely N-dealkylation sites (N-methyl/N-ethyl adjacent to an activating group) is 1. The summed E-state index contributed by atoms with van der Waals surface area (Å²) in [4.78, 5) is 59.2. The molecule has 10 rings (SSSR count). The fraction of sp³-hybridized carbons (Fsp3) is 0.522. The number of rotatable bonds is 6. The first-order chi connectivity index (χ1) is 29.4. The average Bonchev–Trinajstić information content (AvgIpc) is 3.88. The van der Waals surface area contributed by atoms with Crippen LogP contribution in [-0.4, -0.2) is 150 Å². The number of halogens is 1. The van der Waals surface area contributed by atoms with Gasteiger partial charge in [0.15, 0.2) is 34.8 Å². The normalized spacial score (nSPS) is 35.1. The van der Waals surface area contributed by atoms with Gasteiger partial charge in [-0.3, -0.25) is 33.9 Å². The van der Waals surface area contributed by atoms with Crippen LogP contribution in [0.4, 0.5) is 0 Å². The van der Waals surface area contributed by atoms with Gasteiger partial charge in [0.25, 0.3) is 5.91 Å². The largest absolute Gasteiger partial charge is 0.508 e. The highest BCUT2D eigenvalue weighted by Crippen LogP contribution is 2.65. The Bertz CT molecular complexity index is 2390. The van der Waals surface area contributed by atoms with Gasteiger partial charge in [-0.05, 0) is 95.9 Å². The third-order valence-electron chi connectivity index (χ3n) is 15.4. The van der Waals surface area contributed by atoms with Crippen molar-refractivity contribution < 1.29 is 59.7 Å². The minimum atomic E-state index is -2.72. The molecule has 17 heteroatoms. The third kappa shape index (κ3) is 6.01. The van der Waals surface area contributed by atoms with Crippen LogP contribution in [0.3, 0.4) is 0 Å². The molecule has 2 saturated heterocycles. The number of carbonyl (C=O) groups excluding carboxylic acids is 4. The summed E-state index contributed by atoms with van der Waals surface area (Å²) in [6, 6.07) is 6.64. The number of nitrogens with zero attached hydrogens (tertiary/aromatic N) is 3. The van der Waals surface area contributed by atoms with Crippen LogP contribution in [0, 0.1) is 11.8 Å². The number of aromatic hydroxyl groups is 2. The van der Waals surface area contributed by atoms with Crippen LogP contribution in [0.15, 0.2) is 59.9 Å². The Hall–Kier alpha value is -4.81. The van der Waals surface area contributed by atoms with Crippen LogP contribution in [0.2, 0.25) is 0 Å². The van der Waals surface area contributed by atoms with Crippen LogP contribution >= 0.6 is 12.4 Å². The number of benzene rings is 2. The molecular weight excluding hydrogens is 836 g/mol. The molecule has 2 saturated carbocycles. The number of phenols is 2. The van der Waals surface area contributed by atoms with Gasteiger partial charge >= 0.3 is 0 Å². The maximum atomic E-state index is 14.0. The number of piperidine rings is 1. The first-order valence-electron chi connectivity index (χ1n) is 21.4. The number of carbonyl (C=O) groups is 4. The van der Waals surface area contributed by atoms with Crippen molar-refractivity contribution in [1.29, 1.82) is 0 Å². The van der Waals surface area contributed by atoms with E-state index in [9.17, 15) is 54.9 Å². The maximum Gasteiger partial charge on any atom is 0.259 e. The van der Waals surface area contributed by atoms with Gasteiger partial charge in [0.1, 0.15) is 22.8 Å². The number of amides is 1. The summed E-state index contributed by atoms with van der Waals surface area (Å²) in [5.41, 5.74) is -5.28. The van der Waals surface area contributed by atoms with Crippen LogP contribution in [-0.2, 0) is 36.6 Å². The first kappa shape index (κ1) is 44.8. The maximum absolute atomic E-state index is 14.0. The first-order valence-corrected chi connectivity index (χ1v) is 21.4. The van der Waals surface area contributed by atoms with Crippen molar-refractivity contribution in [2.45, 2.75) is 92.3 Å². The highest BCUT2D eigenvalue weighted by molar-refractivity contribution is 6.25.